The van der Waals surface area contributed by atoms with Crippen LogP contribution >= 0.6 is 0 Å². The van der Waals surface area contributed by atoms with E-state index < -0.39 is 17.8 Å². The second-order valence-electron chi connectivity index (χ2n) is 4.56. The van der Waals surface area contributed by atoms with Crippen molar-refractivity contribution < 1.29 is 20.1 Å². The number of aliphatic hydroxyl groups excluding tert-OH is 2. The highest BCUT2D eigenvalue weighted by Crippen LogP contribution is 2.35. The van der Waals surface area contributed by atoms with Crippen molar-refractivity contribution in [2.75, 3.05) is 18.9 Å². The van der Waals surface area contributed by atoms with Gasteiger partial charge in [-0.05, 0) is 12.1 Å². The molecule has 0 bridgehead atoms. The molecule has 3 atom stereocenters. The quantitative estimate of drug-likeness (QED) is 0.508. The first kappa shape index (κ1) is 12.3. The van der Waals surface area contributed by atoms with E-state index in [9.17, 15) is 10.2 Å². The van der Waals surface area contributed by atoms with Crippen molar-refractivity contribution in [3.05, 3.63) is 24.2 Å². The molecule has 5 N–H and O–H groups in total. The fourth-order valence-corrected chi connectivity index (χ4v) is 2.38. The zero-order chi connectivity index (χ0) is 13.6. The van der Waals surface area contributed by atoms with E-state index in [2.05, 4.69) is 10.1 Å². The van der Waals surface area contributed by atoms with Gasteiger partial charge in [0.05, 0.1) is 18.9 Å². The minimum atomic E-state index is -1.64. The maximum absolute atomic E-state index is 10.6. The fourth-order valence-electron chi connectivity index (χ4n) is 2.38. The van der Waals surface area contributed by atoms with Crippen LogP contribution in [0, 0.1) is 0 Å². The summed E-state index contributed by atoms with van der Waals surface area (Å²) in [6, 6.07) is 3.26. The van der Waals surface area contributed by atoms with Crippen LogP contribution in [0.25, 0.3) is 5.52 Å². The van der Waals surface area contributed by atoms with Gasteiger partial charge in [0.15, 0.2) is 11.4 Å². The van der Waals surface area contributed by atoms with Gasteiger partial charge in [0.2, 0.25) is 0 Å². The van der Waals surface area contributed by atoms with E-state index in [1.54, 1.807) is 12.1 Å². The highest BCUT2D eigenvalue weighted by molar-refractivity contribution is 5.65. The van der Waals surface area contributed by atoms with E-state index in [1.165, 1.54) is 10.8 Å². The summed E-state index contributed by atoms with van der Waals surface area (Å²) in [6.07, 6.45) is -0.803. The number of nitrogens with zero attached hydrogens (tertiary/aromatic N) is 3. The largest absolute Gasteiger partial charge is 0.394 e. The number of rotatable bonds is 2. The Morgan fingerprint density at radius 1 is 1.53 bits per heavy atom. The molecule has 102 valence electrons. The first-order valence-corrected chi connectivity index (χ1v) is 5.79. The summed E-state index contributed by atoms with van der Waals surface area (Å²) in [5.41, 5.74) is 4.95. The van der Waals surface area contributed by atoms with Gasteiger partial charge in [-0.1, -0.05) is 0 Å². The third-order valence-corrected chi connectivity index (χ3v) is 3.46. The SMILES string of the molecule is Nc1ncnn2c([C@]3(O)CO[C@H](CO)[C@H]3O)ccc12. The first-order chi connectivity index (χ1) is 9.08. The van der Waals surface area contributed by atoms with Crippen LogP contribution in [0.3, 0.4) is 0 Å². The molecule has 2 aromatic heterocycles. The van der Waals surface area contributed by atoms with Crippen LogP contribution in [0.2, 0.25) is 0 Å². The molecule has 0 aliphatic carbocycles. The standard InChI is InChI=1S/C11H14N4O4/c12-10-6-1-2-8(15(6)14-5-13-10)11(18)4-19-7(3-16)9(11)17/h1-2,5,7,9,16-18H,3-4H2,(H2,12,13,14)/t7-,9-,11-/m1/s1. The average molecular weight is 266 g/mol. The molecule has 3 rings (SSSR count). The third-order valence-electron chi connectivity index (χ3n) is 3.46. The Morgan fingerprint density at radius 3 is 3.00 bits per heavy atom. The predicted molar refractivity (Wildman–Crippen MR) is 64.1 cm³/mol. The molecule has 0 amide bonds. The number of fused-ring (bicyclic) bond motifs is 1. The number of anilines is 1. The molecule has 1 aliphatic rings. The lowest BCUT2D eigenvalue weighted by atomic mass is 9.93. The van der Waals surface area contributed by atoms with Gasteiger partial charge in [0.1, 0.15) is 24.1 Å². The van der Waals surface area contributed by atoms with E-state index in [1.807, 2.05) is 0 Å². The minimum Gasteiger partial charge on any atom is -0.394 e. The highest BCUT2D eigenvalue weighted by Gasteiger charge is 2.50. The van der Waals surface area contributed by atoms with Crippen LogP contribution in [0.5, 0.6) is 0 Å². The molecular weight excluding hydrogens is 252 g/mol. The summed E-state index contributed by atoms with van der Waals surface area (Å²) in [5.74, 6) is 0.275. The fraction of sp³-hybridized carbons (Fsp3) is 0.455. The first-order valence-electron chi connectivity index (χ1n) is 5.79. The van der Waals surface area contributed by atoms with Crippen LogP contribution in [0.1, 0.15) is 5.69 Å². The number of ether oxygens (including phenoxy) is 1. The number of hydrogen-bond acceptors (Lipinski definition) is 7. The summed E-state index contributed by atoms with van der Waals surface area (Å²) >= 11 is 0. The maximum Gasteiger partial charge on any atom is 0.158 e. The maximum atomic E-state index is 10.6. The zero-order valence-corrected chi connectivity index (χ0v) is 9.97. The van der Waals surface area contributed by atoms with Gasteiger partial charge in [0, 0.05) is 0 Å². The van der Waals surface area contributed by atoms with Crippen molar-refractivity contribution in [3.8, 4) is 0 Å². The van der Waals surface area contributed by atoms with Gasteiger partial charge < -0.3 is 25.8 Å². The molecule has 8 heteroatoms. The molecule has 0 spiro atoms. The Balaban J connectivity index is 2.12. The molecule has 3 heterocycles. The Bertz CT molecular complexity index is 616. The lowest BCUT2D eigenvalue weighted by Gasteiger charge is -2.25. The molecule has 1 saturated heterocycles. The van der Waals surface area contributed by atoms with Gasteiger partial charge in [-0.2, -0.15) is 5.10 Å². The van der Waals surface area contributed by atoms with Crippen LogP contribution in [-0.4, -0.2) is 55.3 Å². The van der Waals surface area contributed by atoms with Crippen LogP contribution in [0.15, 0.2) is 18.5 Å². The molecule has 0 saturated carbocycles. The van der Waals surface area contributed by atoms with Crippen molar-refractivity contribution in [3.63, 3.8) is 0 Å². The lowest BCUT2D eigenvalue weighted by Crippen LogP contribution is -2.43. The van der Waals surface area contributed by atoms with E-state index in [4.69, 9.17) is 15.6 Å². The van der Waals surface area contributed by atoms with Crippen molar-refractivity contribution in [2.45, 2.75) is 17.8 Å². The van der Waals surface area contributed by atoms with Gasteiger partial charge in [-0.15, -0.1) is 0 Å². The second-order valence-corrected chi connectivity index (χ2v) is 4.56. The summed E-state index contributed by atoms with van der Waals surface area (Å²) in [6.45, 7) is -0.501. The molecule has 19 heavy (non-hydrogen) atoms. The molecule has 8 nitrogen and oxygen atoms in total. The van der Waals surface area contributed by atoms with Gasteiger partial charge in [0.25, 0.3) is 0 Å². The van der Waals surface area contributed by atoms with Crippen molar-refractivity contribution in [1.29, 1.82) is 0 Å². The van der Waals surface area contributed by atoms with Gasteiger partial charge >= 0.3 is 0 Å². The summed E-state index contributed by atoms with van der Waals surface area (Å²) in [4.78, 5) is 3.85. The van der Waals surface area contributed by atoms with Crippen LogP contribution < -0.4 is 5.73 Å². The number of nitrogen functional groups attached to an aromatic ring is 1. The average Bonchev–Trinajstić information content (AvgIpc) is 2.95. The number of aliphatic hydroxyl groups is 3. The van der Waals surface area contributed by atoms with E-state index in [0.29, 0.717) is 11.2 Å². The monoisotopic (exact) mass is 266 g/mol. The molecule has 2 aromatic rings. The van der Waals surface area contributed by atoms with Gasteiger partial charge in [-0.3, -0.25) is 0 Å². The molecule has 0 unspecified atom stereocenters. The van der Waals surface area contributed by atoms with Crippen LogP contribution in [-0.2, 0) is 10.3 Å². The van der Waals surface area contributed by atoms with Gasteiger partial charge in [-0.25, -0.2) is 9.50 Å². The molecule has 1 aliphatic heterocycles. The third kappa shape index (κ3) is 1.61. The van der Waals surface area contributed by atoms with E-state index in [-0.39, 0.29) is 19.0 Å². The lowest BCUT2D eigenvalue weighted by molar-refractivity contribution is -0.0632. The topological polar surface area (TPSA) is 126 Å². The van der Waals surface area contributed by atoms with E-state index in [0.717, 1.165) is 0 Å². The Labute approximate surface area is 108 Å². The Kier molecular flexibility index (Phi) is 2.68. The van der Waals surface area contributed by atoms with Crippen molar-refractivity contribution in [1.82, 2.24) is 14.6 Å². The Morgan fingerprint density at radius 2 is 2.32 bits per heavy atom. The molecule has 0 radical (unpaired) electrons. The molecule has 1 fully saturated rings. The smallest absolute Gasteiger partial charge is 0.158 e. The Hall–Kier alpha value is -1.74. The van der Waals surface area contributed by atoms with E-state index >= 15 is 0 Å². The predicted octanol–water partition coefficient (Wildman–Crippen LogP) is -1.75. The second kappa shape index (κ2) is 4.14. The minimum absolute atomic E-state index is 0.130. The molecule has 0 aromatic carbocycles. The van der Waals surface area contributed by atoms with Crippen LogP contribution in [0.4, 0.5) is 5.82 Å². The molecular formula is C11H14N4O4. The van der Waals surface area contributed by atoms with Crippen molar-refractivity contribution >= 4 is 11.3 Å². The summed E-state index contributed by atoms with van der Waals surface area (Å²) < 4.78 is 6.61. The number of hydrogen-bond donors (Lipinski definition) is 4. The number of aromatic nitrogens is 3. The highest BCUT2D eigenvalue weighted by atomic mass is 16.5. The summed E-state index contributed by atoms with van der Waals surface area (Å²) in [7, 11) is 0. The number of nitrogens with two attached hydrogens (primary N) is 1. The zero-order valence-electron chi connectivity index (χ0n) is 9.97. The normalized spacial score (nSPS) is 31.1. The summed E-state index contributed by atoms with van der Waals surface area (Å²) in [5, 5.41) is 33.8. The van der Waals surface area contributed by atoms with Crippen molar-refractivity contribution in [2.24, 2.45) is 0 Å².